The van der Waals surface area contributed by atoms with Crippen molar-refractivity contribution in [2.75, 3.05) is 0 Å². The van der Waals surface area contributed by atoms with Gasteiger partial charge in [-0.15, -0.1) is 0 Å². The fraction of sp³-hybridized carbons (Fsp3) is 0.143. The van der Waals surface area contributed by atoms with E-state index in [1.54, 1.807) is 32.6 Å². The van der Waals surface area contributed by atoms with Crippen LogP contribution < -0.4 is 20.7 Å². The van der Waals surface area contributed by atoms with E-state index in [1.165, 1.54) is 32.6 Å². The third kappa shape index (κ3) is 4.81. The standard InChI is InChI=1S/2C21H19Si.Ba/c2*1-22(2,17-10-4-3-5-11-17)21-14-8-13-19-18-12-7-6-9-16(18)15-20(19)21;/h2*3-15H,1-2H3;. The van der Waals surface area contributed by atoms with Crippen molar-refractivity contribution in [3.05, 3.63) is 168 Å². The second-order valence-electron chi connectivity index (χ2n) is 14.0. The van der Waals surface area contributed by atoms with Crippen LogP contribution in [0.5, 0.6) is 0 Å². The monoisotopic (exact) mass is 736 g/mol. The van der Waals surface area contributed by atoms with Gasteiger partial charge < -0.3 is 0 Å². The van der Waals surface area contributed by atoms with Gasteiger partial charge in [-0.25, -0.2) is 0 Å². The SMILES string of the molecule is C[Si](C)(c1ccccc1)c1cccc2c1[CH]([Ba][CH]1c3ccccc3-c3cccc([Si](C)(C)c4ccccc4)c31)c1ccccc1-2. The first-order valence-corrected chi connectivity index (χ1v) is 27.6. The van der Waals surface area contributed by atoms with Gasteiger partial charge in [0, 0.05) is 0 Å². The molecule has 2 unspecified atom stereocenters. The van der Waals surface area contributed by atoms with Crippen LogP contribution >= 0.6 is 0 Å². The van der Waals surface area contributed by atoms with Gasteiger partial charge in [-0.3, -0.25) is 0 Å². The molecule has 45 heavy (non-hydrogen) atoms. The molecular weight excluding hydrogens is 698 g/mol. The Kier molecular flexibility index (Phi) is 7.62. The van der Waals surface area contributed by atoms with Gasteiger partial charge in [0.15, 0.2) is 0 Å². The summed E-state index contributed by atoms with van der Waals surface area (Å²) in [4.78, 5) is 0. The first-order valence-electron chi connectivity index (χ1n) is 16.4. The molecule has 0 saturated carbocycles. The molecule has 0 fully saturated rings. The summed E-state index contributed by atoms with van der Waals surface area (Å²) < 4.78 is 1.14. The van der Waals surface area contributed by atoms with E-state index in [2.05, 4.69) is 172 Å². The van der Waals surface area contributed by atoms with Crippen molar-refractivity contribution in [2.24, 2.45) is 0 Å². The number of benzene rings is 6. The van der Waals surface area contributed by atoms with Crippen molar-refractivity contribution < 1.29 is 0 Å². The van der Waals surface area contributed by atoms with Gasteiger partial charge >= 0.3 is 298 Å². The molecule has 216 valence electrons. The Hall–Kier alpha value is -2.67. The van der Waals surface area contributed by atoms with Gasteiger partial charge in [-0.2, -0.15) is 0 Å². The number of hydrogen-bond acceptors (Lipinski definition) is 0. The van der Waals surface area contributed by atoms with Crippen LogP contribution in [0.15, 0.2) is 146 Å². The Morgan fingerprint density at radius 1 is 0.378 bits per heavy atom. The molecule has 2 atom stereocenters. The molecular formula is C42H38BaSi2. The summed E-state index contributed by atoms with van der Waals surface area (Å²) in [5.74, 6) is 0. The fourth-order valence-corrected chi connectivity index (χ4v) is 25.1. The third-order valence-corrected chi connectivity index (χ3v) is 26.4. The molecule has 2 aliphatic rings. The molecule has 2 aliphatic carbocycles. The van der Waals surface area contributed by atoms with Crippen LogP contribution in [0.25, 0.3) is 22.3 Å². The Morgan fingerprint density at radius 3 is 1.16 bits per heavy atom. The molecule has 0 spiro atoms. The summed E-state index contributed by atoms with van der Waals surface area (Å²) in [5, 5.41) is 6.34. The van der Waals surface area contributed by atoms with Crippen LogP contribution in [-0.4, -0.2) is 60.3 Å². The van der Waals surface area contributed by atoms with Gasteiger partial charge in [0.1, 0.15) is 0 Å². The Balaban J connectivity index is 1.33. The molecule has 0 bridgehead atoms. The fourth-order valence-electron chi connectivity index (χ4n) is 8.59. The van der Waals surface area contributed by atoms with Crippen molar-refractivity contribution in [3.63, 3.8) is 0 Å². The average Bonchev–Trinajstić information content (AvgIpc) is 3.58. The van der Waals surface area contributed by atoms with Crippen molar-refractivity contribution in [1.29, 1.82) is 0 Å². The summed E-state index contributed by atoms with van der Waals surface area (Å²) in [6.45, 7) is 10.3. The van der Waals surface area contributed by atoms with Crippen molar-refractivity contribution >= 4 is 81.1 Å². The normalized spacial score (nSPS) is 16.4. The molecule has 0 N–H and O–H groups in total. The zero-order chi connectivity index (χ0) is 30.8. The molecule has 0 aliphatic heterocycles. The van der Waals surface area contributed by atoms with Crippen molar-refractivity contribution in [3.8, 4) is 22.3 Å². The van der Waals surface area contributed by atoms with E-state index in [0.717, 1.165) is 0 Å². The topological polar surface area (TPSA) is 0 Å². The maximum atomic E-state index is 2.57. The van der Waals surface area contributed by atoms with E-state index in [0.29, 0.717) is 0.772 Å². The molecule has 0 heterocycles. The molecule has 0 radical (unpaired) electrons. The van der Waals surface area contributed by atoms with Crippen LogP contribution in [-0.2, 0) is 0 Å². The zero-order valence-corrected chi connectivity index (χ0v) is 33.2. The van der Waals surface area contributed by atoms with E-state index in [-0.39, 0.29) is 0 Å². The van der Waals surface area contributed by atoms with Crippen molar-refractivity contribution in [2.45, 2.75) is 27.0 Å². The minimum absolute atomic E-state index is 0.571. The van der Waals surface area contributed by atoms with E-state index in [4.69, 9.17) is 0 Å². The summed E-state index contributed by atoms with van der Waals surface area (Å²) in [6, 6.07) is 56.1. The van der Waals surface area contributed by atoms with Crippen LogP contribution in [0.4, 0.5) is 0 Å². The molecule has 6 aromatic carbocycles. The van der Waals surface area contributed by atoms with Gasteiger partial charge in [0.2, 0.25) is 0 Å². The summed E-state index contributed by atoms with van der Waals surface area (Å²) >= 11 is -1.84. The van der Waals surface area contributed by atoms with Crippen LogP contribution in [0, 0.1) is 0 Å². The minimum atomic E-state index is -1.94. The second kappa shape index (κ2) is 11.5. The maximum absolute atomic E-state index is 2.57. The summed E-state index contributed by atoms with van der Waals surface area (Å²) in [6.07, 6.45) is 0. The summed E-state index contributed by atoms with van der Waals surface area (Å²) in [7, 11) is -3.87. The molecule has 6 aromatic rings. The van der Waals surface area contributed by atoms with E-state index in [9.17, 15) is 0 Å². The third-order valence-electron chi connectivity index (χ3n) is 11.0. The predicted molar refractivity (Wildman–Crippen MR) is 200 cm³/mol. The molecule has 0 saturated heterocycles. The molecule has 0 amide bonds. The predicted octanol–water partition coefficient (Wildman–Crippen LogP) is 7.88. The van der Waals surface area contributed by atoms with Crippen LogP contribution in [0.2, 0.25) is 26.2 Å². The first kappa shape index (κ1) is 29.7. The molecule has 0 nitrogen and oxygen atoms in total. The van der Waals surface area contributed by atoms with Gasteiger partial charge in [0.25, 0.3) is 0 Å². The molecule has 3 heteroatoms. The average molecular weight is 736 g/mol. The number of hydrogen-bond donors (Lipinski definition) is 0. The van der Waals surface area contributed by atoms with E-state index in [1.807, 2.05) is 0 Å². The van der Waals surface area contributed by atoms with Gasteiger partial charge in [0.05, 0.1) is 0 Å². The van der Waals surface area contributed by atoms with Gasteiger partial charge in [-0.05, 0) is 0 Å². The number of rotatable bonds is 6. The Bertz CT molecular complexity index is 1900. The summed E-state index contributed by atoms with van der Waals surface area (Å²) in [5.41, 5.74) is 12.5. The quantitative estimate of drug-likeness (QED) is 0.153. The number of fused-ring (bicyclic) bond motifs is 6. The zero-order valence-electron chi connectivity index (χ0n) is 26.7. The molecule has 0 aromatic heterocycles. The van der Waals surface area contributed by atoms with Gasteiger partial charge in [-0.1, -0.05) is 0 Å². The van der Waals surface area contributed by atoms with Crippen LogP contribution in [0.1, 0.15) is 23.0 Å². The van der Waals surface area contributed by atoms with Crippen LogP contribution in [0.3, 0.4) is 0 Å². The molecule has 8 rings (SSSR count). The van der Waals surface area contributed by atoms with E-state index >= 15 is 0 Å². The van der Waals surface area contributed by atoms with E-state index < -0.39 is 60.3 Å². The van der Waals surface area contributed by atoms with Crippen molar-refractivity contribution in [1.82, 2.24) is 0 Å². The Labute approximate surface area is 294 Å². The Morgan fingerprint density at radius 2 is 0.733 bits per heavy atom. The second-order valence-corrected chi connectivity index (χ2v) is 29.4. The first-order chi connectivity index (χ1) is 21.9.